The van der Waals surface area contributed by atoms with Crippen molar-refractivity contribution in [2.24, 2.45) is 0 Å². The van der Waals surface area contributed by atoms with E-state index in [-0.39, 0.29) is 29.9 Å². The van der Waals surface area contributed by atoms with E-state index in [1.165, 1.54) is 23.1 Å². The molecular weight excluding hydrogens is 508 g/mol. The minimum Gasteiger partial charge on any atom is -0.352 e. The van der Waals surface area contributed by atoms with Crippen LogP contribution in [0.3, 0.4) is 0 Å². The van der Waals surface area contributed by atoms with Gasteiger partial charge in [0.1, 0.15) is 12.6 Å². The minimum absolute atomic E-state index is 0.00487. The number of nitro groups is 1. The van der Waals surface area contributed by atoms with Crippen LogP contribution < -0.4 is 9.62 Å². The molecule has 0 unspecified atom stereocenters. The van der Waals surface area contributed by atoms with Crippen LogP contribution in [-0.2, 0) is 26.2 Å². The number of rotatable bonds is 11. The number of sulfonamides is 1. The molecule has 0 spiro atoms. The first-order chi connectivity index (χ1) is 18.0. The number of hydrogen-bond donors (Lipinski definition) is 1. The second kappa shape index (κ2) is 12.9. The van der Waals surface area contributed by atoms with Crippen LogP contribution in [0.15, 0.2) is 48.5 Å². The summed E-state index contributed by atoms with van der Waals surface area (Å²) in [6.45, 7) is 3.26. The van der Waals surface area contributed by atoms with Crippen molar-refractivity contribution in [3.63, 3.8) is 0 Å². The zero-order chi connectivity index (χ0) is 27.9. The fourth-order valence-electron chi connectivity index (χ4n) is 4.85. The van der Waals surface area contributed by atoms with Gasteiger partial charge in [0.05, 0.1) is 16.9 Å². The van der Waals surface area contributed by atoms with Crippen molar-refractivity contribution in [3.8, 4) is 0 Å². The largest absolute Gasteiger partial charge is 0.352 e. The second-order valence-electron chi connectivity index (χ2n) is 9.82. The molecule has 0 saturated heterocycles. The molecule has 0 aliphatic heterocycles. The first-order valence-electron chi connectivity index (χ1n) is 12.9. The first kappa shape index (κ1) is 29.1. The highest BCUT2D eigenvalue weighted by Crippen LogP contribution is 2.24. The minimum atomic E-state index is -3.98. The van der Waals surface area contributed by atoms with Gasteiger partial charge in [-0.1, -0.05) is 62.1 Å². The smallest absolute Gasteiger partial charge is 0.271 e. The molecule has 1 saturated carbocycles. The van der Waals surface area contributed by atoms with Gasteiger partial charge in [-0.25, -0.2) is 8.42 Å². The highest BCUT2D eigenvalue weighted by molar-refractivity contribution is 7.92. The summed E-state index contributed by atoms with van der Waals surface area (Å²) in [5, 5.41) is 14.4. The Morgan fingerprint density at radius 2 is 1.79 bits per heavy atom. The SMILES string of the molecule is CC[C@H](C(=O)NC1CCCCC1)N(Cc1cccc(C)c1)C(=O)CN(c1cccc([N+](=O)[O-])c1)S(C)(=O)=O. The average Bonchev–Trinajstić information content (AvgIpc) is 2.87. The molecule has 206 valence electrons. The van der Waals surface area contributed by atoms with E-state index in [1.807, 2.05) is 38.1 Å². The molecule has 0 bridgehead atoms. The van der Waals surface area contributed by atoms with Crippen LogP contribution in [0, 0.1) is 17.0 Å². The van der Waals surface area contributed by atoms with Gasteiger partial charge in [-0.05, 0) is 37.8 Å². The average molecular weight is 545 g/mol. The van der Waals surface area contributed by atoms with Gasteiger partial charge in [0.25, 0.3) is 5.69 Å². The Morgan fingerprint density at radius 1 is 1.11 bits per heavy atom. The topological polar surface area (TPSA) is 130 Å². The van der Waals surface area contributed by atoms with Crippen molar-refractivity contribution in [2.45, 2.75) is 71.0 Å². The number of amides is 2. The molecule has 3 rings (SSSR count). The van der Waals surface area contributed by atoms with Gasteiger partial charge < -0.3 is 10.2 Å². The Labute approximate surface area is 224 Å². The van der Waals surface area contributed by atoms with Crippen LogP contribution in [-0.4, -0.2) is 54.9 Å². The number of nitrogens with zero attached hydrogens (tertiary/aromatic N) is 3. The summed E-state index contributed by atoms with van der Waals surface area (Å²) in [4.78, 5) is 39.3. The van der Waals surface area contributed by atoms with Crippen LogP contribution in [0.4, 0.5) is 11.4 Å². The maximum Gasteiger partial charge on any atom is 0.271 e. The molecule has 1 atom stereocenters. The lowest BCUT2D eigenvalue weighted by molar-refractivity contribution is -0.384. The van der Waals surface area contributed by atoms with E-state index in [2.05, 4.69) is 5.32 Å². The third-order valence-corrected chi connectivity index (χ3v) is 7.92. The highest BCUT2D eigenvalue weighted by Gasteiger charge is 2.33. The Morgan fingerprint density at radius 3 is 2.39 bits per heavy atom. The van der Waals surface area contributed by atoms with E-state index in [4.69, 9.17) is 0 Å². The molecule has 1 aliphatic rings. The molecule has 1 fully saturated rings. The molecule has 38 heavy (non-hydrogen) atoms. The van der Waals surface area contributed by atoms with Crippen molar-refractivity contribution >= 4 is 33.2 Å². The normalized spacial score (nSPS) is 14.9. The van der Waals surface area contributed by atoms with Crippen LogP contribution >= 0.6 is 0 Å². The molecule has 0 heterocycles. The summed E-state index contributed by atoms with van der Waals surface area (Å²) in [6.07, 6.45) is 6.29. The Bertz CT molecular complexity index is 1260. The van der Waals surface area contributed by atoms with Gasteiger partial charge in [0.15, 0.2) is 0 Å². The summed E-state index contributed by atoms with van der Waals surface area (Å²) in [6, 6.07) is 11.9. The van der Waals surface area contributed by atoms with Crippen LogP contribution in [0.5, 0.6) is 0 Å². The van der Waals surface area contributed by atoms with Crippen molar-refractivity contribution in [3.05, 3.63) is 69.8 Å². The molecule has 2 aromatic carbocycles. The van der Waals surface area contributed by atoms with Gasteiger partial charge >= 0.3 is 0 Å². The molecule has 11 heteroatoms. The monoisotopic (exact) mass is 544 g/mol. The Kier molecular flexibility index (Phi) is 9.84. The maximum absolute atomic E-state index is 13.8. The number of aryl methyl sites for hydroxylation is 1. The van der Waals surface area contributed by atoms with Crippen molar-refractivity contribution in [1.82, 2.24) is 10.2 Å². The van der Waals surface area contributed by atoms with Gasteiger partial charge in [0, 0.05) is 24.7 Å². The number of nitrogens with one attached hydrogen (secondary N) is 1. The number of nitro benzene ring substituents is 1. The number of carbonyl (C=O) groups is 2. The highest BCUT2D eigenvalue weighted by atomic mass is 32.2. The number of benzene rings is 2. The molecular formula is C27H36N4O6S. The van der Waals surface area contributed by atoms with Gasteiger partial charge in [-0.3, -0.25) is 24.0 Å². The summed E-state index contributed by atoms with van der Waals surface area (Å²) in [7, 11) is -3.98. The summed E-state index contributed by atoms with van der Waals surface area (Å²) in [5.74, 6) is -0.837. The zero-order valence-electron chi connectivity index (χ0n) is 22.1. The Hall–Kier alpha value is -3.47. The lowest BCUT2D eigenvalue weighted by Crippen LogP contribution is -2.53. The summed E-state index contributed by atoms with van der Waals surface area (Å²) >= 11 is 0. The van der Waals surface area contributed by atoms with Crippen LogP contribution in [0.2, 0.25) is 0 Å². The van der Waals surface area contributed by atoms with Gasteiger partial charge in [-0.2, -0.15) is 0 Å². The summed E-state index contributed by atoms with van der Waals surface area (Å²) < 4.78 is 26.3. The predicted molar refractivity (Wildman–Crippen MR) is 146 cm³/mol. The van der Waals surface area contributed by atoms with E-state index in [9.17, 15) is 28.1 Å². The molecule has 1 aliphatic carbocycles. The standard InChI is InChI=1S/C27H36N4O6S/c1-4-25(27(33)28-22-12-6-5-7-13-22)29(18-21-11-8-10-20(2)16-21)26(32)19-30(38(3,36)37)23-14-9-15-24(17-23)31(34)35/h8-11,14-17,22,25H,4-7,12-13,18-19H2,1-3H3,(H,28,33)/t25-/m1/s1. The first-order valence-corrected chi connectivity index (χ1v) is 14.7. The number of hydrogen-bond acceptors (Lipinski definition) is 6. The fourth-order valence-corrected chi connectivity index (χ4v) is 5.69. The third kappa shape index (κ3) is 7.77. The second-order valence-corrected chi connectivity index (χ2v) is 11.7. The van der Waals surface area contributed by atoms with Gasteiger partial charge in [0.2, 0.25) is 21.8 Å². The molecule has 0 radical (unpaired) electrons. The van der Waals surface area contributed by atoms with E-state index >= 15 is 0 Å². The van der Waals surface area contributed by atoms with E-state index < -0.39 is 33.4 Å². The third-order valence-electron chi connectivity index (χ3n) is 6.78. The molecule has 10 nitrogen and oxygen atoms in total. The van der Waals surface area contributed by atoms with Crippen LogP contribution in [0.25, 0.3) is 0 Å². The quantitative estimate of drug-likeness (QED) is 0.337. The number of non-ortho nitro benzene ring substituents is 1. The lowest BCUT2D eigenvalue weighted by atomic mass is 9.95. The fraction of sp³-hybridized carbons (Fsp3) is 0.481. The maximum atomic E-state index is 13.8. The molecule has 1 N–H and O–H groups in total. The predicted octanol–water partition coefficient (Wildman–Crippen LogP) is 3.93. The van der Waals surface area contributed by atoms with Gasteiger partial charge in [-0.15, -0.1) is 0 Å². The molecule has 0 aromatic heterocycles. The molecule has 2 amide bonds. The van der Waals surface area contributed by atoms with E-state index in [1.54, 1.807) is 0 Å². The van der Waals surface area contributed by atoms with E-state index in [0.717, 1.165) is 59.9 Å². The Balaban J connectivity index is 1.94. The summed E-state index contributed by atoms with van der Waals surface area (Å²) in [5.41, 5.74) is 1.51. The number of carbonyl (C=O) groups excluding carboxylic acids is 2. The van der Waals surface area contributed by atoms with E-state index in [0.29, 0.717) is 6.42 Å². The lowest BCUT2D eigenvalue weighted by Gasteiger charge is -2.34. The van der Waals surface area contributed by atoms with Crippen LogP contribution in [0.1, 0.15) is 56.6 Å². The molecule has 2 aromatic rings. The zero-order valence-corrected chi connectivity index (χ0v) is 22.9. The van der Waals surface area contributed by atoms with Crippen molar-refractivity contribution < 1.29 is 22.9 Å². The number of anilines is 1. The van der Waals surface area contributed by atoms with Crippen molar-refractivity contribution in [2.75, 3.05) is 17.1 Å². The van der Waals surface area contributed by atoms with Crippen molar-refractivity contribution in [1.29, 1.82) is 0 Å².